The van der Waals surface area contributed by atoms with Gasteiger partial charge in [-0.1, -0.05) is 31.5 Å². The van der Waals surface area contributed by atoms with Crippen molar-refractivity contribution >= 4 is 22.0 Å². The van der Waals surface area contributed by atoms with Crippen LogP contribution in [-0.2, 0) is 14.8 Å². The van der Waals surface area contributed by atoms with E-state index >= 15 is 0 Å². The smallest absolute Gasteiger partial charge is 0.318 e. The Bertz CT molecular complexity index is 587. The Morgan fingerprint density at radius 3 is 2.38 bits per heavy atom. The number of nitrogens with two attached hydrogens (primary N) is 1. The van der Waals surface area contributed by atoms with Gasteiger partial charge in [0.2, 0.25) is 15.9 Å². The Labute approximate surface area is 124 Å². The zero-order valence-corrected chi connectivity index (χ0v) is 12.6. The van der Waals surface area contributed by atoms with E-state index in [1.807, 2.05) is 12.2 Å². The molecule has 8 heteroatoms. The molecule has 0 fully saturated rings. The first kappa shape index (κ1) is 17.1. The van der Waals surface area contributed by atoms with Crippen LogP contribution < -0.4 is 11.1 Å². The van der Waals surface area contributed by atoms with Crippen molar-refractivity contribution in [3.8, 4) is 0 Å². The van der Waals surface area contributed by atoms with Crippen LogP contribution in [0.3, 0.4) is 0 Å². The minimum atomic E-state index is -3.78. The first-order valence-corrected chi connectivity index (χ1v) is 7.96. The van der Waals surface area contributed by atoms with Crippen molar-refractivity contribution in [1.82, 2.24) is 9.62 Å². The predicted molar refractivity (Wildman–Crippen MR) is 77.8 cm³/mol. The maximum absolute atomic E-state index is 12.5. The molecule has 0 aromatic heterocycles. The average molecular weight is 313 g/mol. The number of urea groups is 1. The number of carbonyl (C=O) groups excluding carboxylic acids is 2. The molecule has 1 aromatic carbocycles. The van der Waals surface area contributed by atoms with Gasteiger partial charge in [0, 0.05) is 6.54 Å². The molecule has 7 nitrogen and oxygen atoms in total. The average Bonchev–Trinajstić information content (AvgIpc) is 2.43. The lowest BCUT2D eigenvalue weighted by Gasteiger charge is -2.21. The Morgan fingerprint density at radius 2 is 1.86 bits per heavy atom. The van der Waals surface area contributed by atoms with Gasteiger partial charge in [-0.05, 0) is 18.6 Å². The number of rotatable bonds is 7. The molecule has 0 bridgehead atoms. The van der Waals surface area contributed by atoms with E-state index < -0.39 is 28.5 Å². The first-order valence-electron chi connectivity index (χ1n) is 6.52. The Balaban J connectivity index is 2.96. The molecule has 0 unspecified atom stereocenters. The van der Waals surface area contributed by atoms with Crippen molar-refractivity contribution in [2.24, 2.45) is 5.73 Å². The van der Waals surface area contributed by atoms with E-state index in [4.69, 9.17) is 5.73 Å². The molecule has 0 saturated carbocycles. The summed E-state index contributed by atoms with van der Waals surface area (Å²) in [6.45, 7) is 1.66. The van der Waals surface area contributed by atoms with Crippen LogP contribution in [0.4, 0.5) is 4.79 Å². The second kappa shape index (κ2) is 7.75. The number of hydrogen-bond acceptors (Lipinski definition) is 4. The lowest BCUT2D eigenvalue weighted by molar-refractivity contribution is -0.120. The lowest BCUT2D eigenvalue weighted by atomic mass is 10.3. The fraction of sp³-hybridized carbons (Fsp3) is 0.385. The maximum atomic E-state index is 12.5. The topological polar surface area (TPSA) is 110 Å². The van der Waals surface area contributed by atoms with Gasteiger partial charge in [-0.15, -0.1) is 0 Å². The van der Waals surface area contributed by atoms with Gasteiger partial charge < -0.3 is 5.73 Å². The Kier molecular flexibility index (Phi) is 6.32. The third kappa shape index (κ3) is 5.16. The van der Waals surface area contributed by atoms with Gasteiger partial charge in [0.05, 0.1) is 11.4 Å². The second-order valence-electron chi connectivity index (χ2n) is 4.42. The van der Waals surface area contributed by atoms with Crippen LogP contribution >= 0.6 is 0 Å². The van der Waals surface area contributed by atoms with Crippen molar-refractivity contribution in [3.63, 3.8) is 0 Å². The van der Waals surface area contributed by atoms with Crippen LogP contribution in [0.15, 0.2) is 35.2 Å². The van der Waals surface area contributed by atoms with E-state index in [9.17, 15) is 18.0 Å². The van der Waals surface area contributed by atoms with Gasteiger partial charge in [0.15, 0.2) is 0 Å². The summed E-state index contributed by atoms with van der Waals surface area (Å²) in [4.78, 5) is 22.3. The fourth-order valence-corrected chi connectivity index (χ4v) is 3.15. The molecule has 0 aliphatic heterocycles. The molecule has 116 valence electrons. The molecule has 0 atom stereocenters. The zero-order chi connectivity index (χ0) is 15.9. The van der Waals surface area contributed by atoms with Gasteiger partial charge in [-0.25, -0.2) is 13.2 Å². The molecule has 0 heterocycles. The molecular formula is C13H19N3O4S. The molecule has 3 amide bonds. The lowest BCUT2D eigenvalue weighted by Crippen LogP contribution is -2.44. The number of hydrogen-bond donors (Lipinski definition) is 2. The minimum absolute atomic E-state index is 0.105. The van der Waals surface area contributed by atoms with Crippen molar-refractivity contribution in [3.05, 3.63) is 30.3 Å². The van der Waals surface area contributed by atoms with Crippen LogP contribution in [0.5, 0.6) is 0 Å². The minimum Gasteiger partial charge on any atom is -0.351 e. The number of benzene rings is 1. The first-order chi connectivity index (χ1) is 9.87. The molecule has 0 aliphatic carbocycles. The predicted octanol–water partition coefficient (Wildman–Crippen LogP) is 0.672. The maximum Gasteiger partial charge on any atom is 0.318 e. The molecular weight excluding hydrogens is 294 g/mol. The van der Waals surface area contributed by atoms with E-state index in [0.717, 1.165) is 10.7 Å². The SMILES string of the molecule is CCCCN(CC(=O)NC(N)=O)S(=O)(=O)c1ccccc1. The van der Waals surface area contributed by atoms with Crippen molar-refractivity contribution in [2.75, 3.05) is 13.1 Å². The third-order valence-corrected chi connectivity index (χ3v) is 4.58. The monoisotopic (exact) mass is 313 g/mol. The standard InChI is InChI=1S/C13H19N3O4S/c1-2-3-9-16(10-12(17)15-13(14)18)21(19,20)11-7-5-4-6-8-11/h4-8H,2-3,9-10H2,1H3,(H3,14,15,17,18). The van der Waals surface area contributed by atoms with E-state index in [0.29, 0.717) is 6.42 Å². The third-order valence-electron chi connectivity index (χ3n) is 2.72. The molecule has 0 aliphatic rings. The number of imide groups is 1. The second-order valence-corrected chi connectivity index (χ2v) is 6.36. The van der Waals surface area contributed by atoms with Gasteiger partial charge in [-0.2, -0.15) is 4.31 Å². The van der Waals surface area contributed by atoms with Crippen molar-refractivity contribution in [1.29, 1.82) is 0 Å². The van der Waals surface area contributed by atoms with Crippen LogP contribution in [-0.4, -0.2) is 37.8 Å². The summed E-state index contributed by atoms with van der Waals surface area (Å²) in [6, 6.07) is 6.82. The summed E-state index contributed by atoms with van der Waals surface area (Å²) in [6.07, 6.45) is 1.38. The van der Waals surface area contributed by atoms with Gasteiger partial charge >= 0.3 is 6.03 Å². The summed E-state index contributed by atoms with van der Waals surface area (Å²) in [5.74, 6) is -0.752. The highest BCUT2D eigenvalue weighted by molar-refractivity contribution is 7.89. The van der Waals surface area contributed by atoms with Crippen LogP contribution in [0.2, 0.25) is 0 Å². The molecule has 1 rings (SSSR count). The quantitative estimate of drug-likeness (QED) is 0.771. The number of carbonyl (C=O) groups is 2. The van der Waals surface area contributed by atoms with Crippen LogP contribution in [0.25, 0.3) is 0 Å². The van der Waals surface area contributed by atoms with Crippen LogP contribution in [0.1, 0.15) is 19.8 Å². The summed E-state index contributed by atoms with van der Waals surface area (Å²) >= 11 is 0. The van der Waals surface area contributed by atoms with Crippen molar-refractivity contribution in [2.45, 2.75) is 24.7 Å². The number of unbranched alkanes of at least 4 members (excludes halogenated alkanes) is 1. The number of primary amides is 1. The number of sulfonamides is 1. The van der Waals surface area contributed by atoms with E-state index in [1.54, 1.807) is 18.2 Å². The molecule has 0 saturated heterocycles. The zero-order valence-electron chi connectivity index (χ0n) is 11.8. The summed E-state index contributed by atoms with van der Waals surface area (Å²) in [5, 5.41) is 1.87. The van der Waals surface area contributed by atoms with Gasteiger partial charge in [0.1, 0.15) is 0 Å². The van der Waals surface area contributed by atoms with Crippen LogP contribution in [0, 0.1) is 0 Å². The van der Waals surface area contributed by atoms with Gasteiger partial charge in [-0.3, -0.25) is 10.1 Å². The highest BCUT2D eigenvalue weighted by Gasteiger charge is 2.26. The van der Waals surface area contributed by atoms with Crippen molar-refractivity contribution < 1.29 is 18.0 Å². The Morgan fingerprint density at radius 1 is 1.24 bits per heavy atom. The molecule has 0 radical (unpaired) electrons. The normalized spacial score (nSPS) is 11.3. The number of amides is 3. The van der Waals surface area contributed by atoms with E-state index in [2.05, 4.69) is 0 Å². The van der Waals surface area contributed by atoms with E-state index in [-0.39, 0.29) is 11.4 Å². The molecule has 3 N–H and O–H groups in total. The van der Waals surface area contributed by atoms with E-state index in [1.165, 1.54) is 12.1 Å². The van der Waals surface area contributed by atoms with Gasteiger partial charge in [0.25, 0.3) is 0 Å². The fourth-order valence-electron chi connectivity index (χ4n) is 1.70. The highest BCUT2D eigenvalue weighted by Crippen LogP contribution is 2.15. The summed E-state index contributed by atoms with van der Waals surface area (Å²) in [5.41, 5.74) is 4.85. The number of nitrogens with zero attached hydrogens (tertiary/aromatic N) is 1. The Hall–Kier alpha value is -1.93. The summed E-state index contributed by atoms with van der Waals surface area (Å²) < 4.78 is 26.0. The molecule has 1 aromatic rings. The summed E-state index contributed by atoms with van der Waals surface area (Å²) in [7, 11) is -3.78. The number of nitrogens with one attached hydrogen (secondary N) is 1. The molecule has 0 spiro atoms. The largest absolute Gasteiger partial charge is 0.351 e. The highest BCUT2D eigenvalue weighted by atomic mass is 32.2. The molecule has 21 heavy (non-hydrogen) atoms.